The van der Waals surface area contributed by atoms with Gasteiger partial charge in [-0.2, -0.15) is 13.2 Å². The van der Waals surface area contributed by atoms with Crippen LogP contribution in [0.4, 0.5) is 17.6 Å². The number of rotatable bonds is 12. The van der Waals surface area contributed by atoms with Gasteiger partial charge < -0.3 is 23.7 Å². The van der Waals surface area contributed by atoms with Gasteiger partial charge in [-0.3, -0.25) is 32.5 Å². The minimum absolute atomic E-state index is 0.111. The number of hydrogen-bond donors (Lipinski definition) is 1. The van der Waals surface area contributed by atoms with Gasteiger partial charge in [0.05, 0.1) is 34.1 Å². The van der Waals surface area contributed by atoms with Gasteiger partial charge in [-0.25, -0.2) is 9.97 Å². The zero-order valence-corrected chi connectivity index (χ0v) is 38.5. The molecule has 0 unspecified atom stereocenters. The maximum atomic E-state index is 12.2. The molecule has 67 heavy (non-hydrogen) atoms. The van der Waals surface area contributed by atoms with Gasteiger partial charge in [0.1, 0.15) is 35.8 Å². The molecule has 0 saturated carbocycles. The number of furan rings is 2. The molecule has 6 aromatic rings. The van der Waals surface area contributed by atoms with Gasteiger partial charge >= 0.3 is 12.1 Å². The molecule has 0 saturated heterocycles. The Morgan fingerprint density at radius 1 is 0.821 bits per heavy atom. The minimum atomic E-state index is -4.64. The number of aliphatic carboxylic acids is 1. The Kier molecular flexibility index (Phi) is 21.8. The summed E-state index contributed by atoms with van der Waals surface area (Å²) in [6.45, 7) is 4.16. The lowest BCUT2D eigenvalue weighted by atomic mass is 9.95. The van der Waals surface area contributed by atoms with Crippen molar-refractivity contribution in [2.24, 2.45) is 0 Å². The Labute approximate surface area is 390 Å². The molecule has 21 heteroatoms. The van der Waals surface area contributed by atoms with Crippen LogP contribution in [0.2, 0.25) is 0 Å². The molecule has 6 aromatic heterocycles. The third-order valence-corrected chi connectivity index (χ3v) is 9.75. The van der Waals surface area contributed by atoms with Crippen molar-refractivity contribution in [1.82, 2.24) is 53.9 Å². The highest BCUT2D eigenvalue weighted by Gasteiger charge is 2.25. The van der Waals surface area contributed by atoms with E-state index in [1.54, 1.807) is 51.1 Å². The van der Waals surface area contributed by atoms with E-state index >= 15 is 0 Å². The fourth-order valence-corrected chi connectivity index (χ4v) is 6.80. The number of nitrogens with zero attached hydrogens (tertiary/aromatic N) is 11. The second kappa shape index (κ2) is 28.4. The van der Waals surface area contributed by atoms with E-state index in [0.29, 0.717) is 26.5 Å². The van der Waals surface area contributed by atoms with Crippen LogP contribution in [0.5, 0.6) is 0 Å². The second-order valence-corrected chi connectivity index (χ2v) is 15.2. The minimum Gasteiger partial charge on any atom is -0.480 e. The van der Waals surface area contributed by atoms with E-state index < -0.39 is 25.6 Å². The number of alkyl halides is 4. The van der Waals surface area contributed by atoms with Gasteiger partial charge in [0.2, 0.25) is 12.2 Å². The maximum absolute atomic E-state index is 12.2. The summed E-state index contributed by atoms with van der Waals surface area (Å²) in [5.41, 5.74) is 6.35. The Bertz CT molecular complexity index is 2490. The first-order chi connectivity index (χ1) is 33.0. The van der Waals surface area contributed by atoms with E-state index in [1.165, 1.54) is 18.4 Å². The van der Waals surface area contributed by atoms with Gasteiger partial charge in [0, 0.05) is 63.7 Å². The van der Waals surface area contributed by atoms with Crippen LogP contribution in [-0.2, 0) is 40.1 Å². The molecule has 0 bridgehead atoms. The SMILES string of the molecule is C1=C(c2cnc(CCc3ccco3)n3cnnc23)CCCC1.CN(C)CC(=O)N1CC=C(c2cnc(CCc3ccco3)n3cnnc23)CC1.CN(C)CC(=O)O.O=CC(F)(F)F.[2H]CC.[2H]CF. The molecular formula is C46H61F4N11O6. The Hall–Kier alpha value is -6.61. The normalized spacial score (nSPS) is 13.7. The molecule has 2 aliphatic rings. The van der Waals surface area contributed by atoms with Crippen LogP contribution in [0.1, 0.15) is 83.0 Å². The summed E-state index contributed by atoms with van der Waals surface area (Å²) in [7, 11) is 6.25. The lowest BCUT2D eigenvalue weighted by Gasteiger charge is -2.27. The third kappa shape index (κ3) is 18.0. The number of carboxylic acids is 1. The molecule has 0 atom stereocenters. The van der Waals surface area contributed by atoms with Gasteiger partial charge in [0.25, 0.3) is 0 Å². The Balaban J connectivity index is 0.000000271. The number of aromatic nitrogens is 8. The molecule has 0 aromatic carbocycles. The van der Waals surface area contributed by atoms with Crippen LogP contribution in [0.15, 0.2) is 82.8 Å². The van der Waals surface area contributed by atoms with Crippen molar-refractivity contribution in [3.63, 3.8) is 0 Å². The number of likely N-dealkylation sites (N-methyl/N-ethyl adjacent to an activating group) is 2. The third-order valence-electron chi connectivity index (χ3n) is 9.75. The van der Waals surface area contributed by atoms with E-state index in [9.17, 15) is 27.2 Å². The van der Waals surface area contributed by atoms with E-state index in [1.807, 2.05) is 69.4 Å². The van der Waals surface area contributed by atoms with Crippen LogP contribution in [0.3, 0.4) is 0 Å². The predicted octanol–water partition coefficient (Wildman–Crippen LogP) is 7.13. The molecule has 1 amide bonds. The number of aldehydes is 1. The van der Waals surface area contributed by atoms with Crippen molar-refractivity contribution in [3.8, 4) is 0 Å². The number of carboxylic acid groups (broad SMARTS) is 1. The molecule has 0 spiro atoms. The molecule has 17 nitrogen and oxygen atoms in total. The first-order valence-corrected chi connectivity index (χ1v) is 21.3. The molecule has 1 N–H and O–H groups in total. The quantitative estimate of drug-likeness (QED) is 0.0962. The van der Waals surface area contributed by atoms with Crippen molar-refractivity contribution in [3.05, 3.63) is 108 Å². The largest absolute Gasteiger partial charge is 0.480 e. The summed E-state index contributed by atoms with van der Waals surface area (Å²) in [6, 6.07) is 7.76. The summed E-state index contributed by atoms with van der Waals surface area (Å²) < 4.78 is 67.7. The molecule has 1 aliphatic heterocycles. The number of halogens is 4. The van der Waals surface area contributed by atoms with Gasteiger partial charge in [-0.05, 0) is 95.7 Å². The van der Waals surface area contributed by atoms with Crippen molar-refractivity contribution in [1.29, 1.82) is 0 Å². The standard InChI is InChI=1S/C20H24N6O2.C17H18N4O.C4H9NO2.C2HF3O.C2H6.CH3F/c1-24(2)13-19(27)25-9-7-15(8-10-25)17-12-21-18(26-14-22-23-20(17)26)6-5-16-4-3-11-28-16;1-2-5-13(6-3-1)15-11-18-16(21-12-19-20-17(15)21)9-8-14-7-4-10-22-14;1-5(2)3-4(6)7;3-2(4,5)1-6;2*1-2/h3-4,7,11-12,14H,5-6,8-10,13H2,1-2H3;4-5,7,10-12H,1-3,6,8-9H2;3H2,1-2H3,(H,6,7);1H;1-2H3;1H3/i;;;;2*1D. The van der Waals surface area contributed by atoms with E-state index in [0.717, 1.165) is 96.1 Å². The van der Waals surface area contributed by atoms with Crippen molar-refractivity contribution in [2.45, 2.75) is 77.8 Å². The fraction of sp³-hybridized carbons (Fsp3) is 0.457. The number of hydrogen-bond acceptors (Lipinski definition) is 13. The molecule has 1 aliphatic carbocycles. The summed E-state index contributed by atoms with van der Waals surface area (Å²) in [5.74, 6) is 3.15. The van der Waals surface area contributed by atoms with E-state index in [-0.39, 0.29) is 12.5 Å². The van der Waals surface area contributed by atoms with Crippen LogP contribution in [0, 0.1) is 0 Å². The van der Waals surface area contributed by atoms with Crippen LogP contribution in [0.25, 0.3) is 22.4 Å². The van der Waals surface area contributed by atoms with Crippen LogP contribution >= 0.6 is 0 Å². The number of aryl methyl sites for hydroxylation is 4. The van der Waals surface area contributed by atoms with Gasteiger partial charge in [-0.15, -0.1) is 20.4 Å². The summed E-state index contributed by atoms with van der Waals surface area (Å²) >= 11 is 0. The summed E-state index contributed by atoms with van der Waals surface area (Å²) in [5, 5.41) is 24.8. The van der Waals surface area contributed by atoms with Gasteiger partial charge in [0.15, 0.2) is 11.3 Å². The first kappa shape index (κ1) is 51.4. The lowest BCUT2D eigenvalue weighted by Crippen LogP contribution is -2.40. The molecule has 7 heterocycles. The van der Waals surface area contributed by atoms with E-state index in [2.05, 4.69) is 42.5 Å². The number of carbonyl (C=O) groups excluding carboxylic acids is 2. The number of fused-ring (bicyclic) bond motifs is 2. The topological polar surface area (TPSA) is 194 Å². The highest BCUT2D eigenvalue weighted by atomic mass is 19.4. The monoisotopic (exact) mass is 941 g/mol. The maximum Gasteiger partial charge on any atom is 0.446 e. The molecule has 0 fully saturated rings. The Morgan fingerprint density at radius 3 is 1.67 bits per heavy atom. The zero-order chi connectivity index (χ0) is 50.8. The smallest absolute Gasteiger partial charge is 0.446 e. The highest BCUT2D eigenvalue weighted by molar-refractivity contribution is 5.81. The molecule has 364 valence electrons. The summed E-state index contributed by atoms with van der Waals surface area (Å²) in [4.78, 5) is 45.4. The van der Waals surface area contributed by atoms with Crippen molar-refractivity contribution >= 4 is 40.6 Å². The number of allylic oxidation sites excluding steroid dienone is 2. The predicted molar refractivity (Wildman–Crippen MR) is 245 cm³/mol. The first-order valence-electron chi connectivity index (χ1n) is 22.7. The second-order valence-electron chi connectivity index (χ2n) is 15.2. The lowest BCUT2D eigenvalue weighted by molar-refractivity contribution is -0.156. The summed E-state index contributed by atoms with van der Waals surface area (Å²) in [6.07, 6.45) is 18.1. The molecule has 8 rings (SSSR count). The number of amides is 1. The van der Waals surface area contributed by atoms with Gasteiger partial charge in [-0.1, -0.05) is 26.0 Å². The van der Waals surface area contributed by atoms with Crippen LogP contribution in [-0.4, -0.2) is 145 Å². The van der Waals surface area contributed by atoms with E-state index in [4.69, 9.17) is 21.5 Å². The average molecular weight is 942 g/mol. The Morgan fingerprint density at radius 2 is 1.31 bits per heavy atom. The number of carbonyl (C=O) groups is 3. The zero-order valence-electron chi connectivity index (χ0n) is 40.5. The molecule has 0 radical (unpaired) electrons. The fourth-order valence-electron chi connectivity index (χ4n) is 6.80. The van der Waals surface area contributed by atoms with Crippen LogP contribution < -0.4 is 0 Å². The van der Waals surface area contributed by atoms with Crippen molar-refractivity contribution in [2.75, 3.05) is 61.5 Å². The average Bonchev–Trinajstić information content (AvgIpc) is 4.18. The molecular weight excluding hydrogens is 879 g/mol. The highest BCUT2D eigenvalue weighted by Crippen LogP contribution is 2.29. The van der Waals surface area contributed by atoms with Crippen molar-refractivity contribution < 1.29 is 48.6 Å².